The van der Waals surface area contributed by atoms with Crippen LogP contribution in [0.2, 0.25) is 0 Å². The molecule has 0 unspecified atom stereocenters. The molecule has 0 aromatic heterocycles. The molecule has 0 radical (unpaired) electrons. The molecule has 25 heavy (non-hydrogen) atoms. The van der Waals surface area contributed by atoms with E-state index in [2.05, 4.69) is 59.2 Å². The van der Waals surface area contributed by atoms with Crippen LogP contribution < -0.4 is 9.80 Å². The van der Waals surface area contributed by atoms with Gasteiger partial charge in [-0.1, -0.05) is 30.3 Å². The molecule has 1 atom stereocenters. The Morgan fingerprint density at radius 2 is 1.76 bits per heavy atom. The average molecular weight is 337 g/mol. The third kappa shape index (κ3) is 3.78. The smallest absolute Gasteiger partial charge is 0.242 e. The first-order valence-corrected chi connectivity index (χ1v) is 8.80. The Bertz CT molecular complexity index is 739. The number of anilines is 2. The number of benzene rings is 2. The number of amides is 1. The molecular weight excluding hydrogens is 310 g/mol. The van der Waals surface area contributed by atoms with Gasteiger partial charge in [-0.3, -0.25) is 4.79 Å². The zero-order valence-electron chi connectivity index (χ0n) is 15.6. The number of likely N-dealkylation sites (N-methyl/N-ethyl adjacent to an activating group) is 1. The molecule has 3 rings (SSSR count). The molecule has 0 aliphatic carbocycles. The molecule has 2 aromatic carbocycles. The van der Waals surface area contributed by atoms with E-state index >= 15 is 0 Å². The summed E-state index contributed by atoms with van der Waals surface area (Å²) in [7, 11) is 5.94. The van der Waals surface area contributed by atoms with Crippen LogP contribution in [0, 0.1) is 0 Å². The summed E-state index contributed by atoms with van der Waals surface area (Å²) in [5.41, 5.74) is 4.85. The highest BCUT2D eigenvalue weighted by molar-refractivity contribution is 5.82. The van der Waals surface area contributed by atoms with Crippen molar-refractivity contribution in [2.24, 2.45) is 0 Å². The van der Waals surface area contributed by atoms with Gasteiger partial charge < -0.3 is 14.7 Å². The lowest BCUT2D eigenvalue weighted by molar-refractivity contribution is -0.129. The zero-order valence-corrected chi connectivity index (χ0v) is 15.6. The topological polar surface area (TPSA) is 26.8 Å². The van der Waals surface area contributed by atoms with Crippen molar-refractivity contribution in [1.29, 1.82) is 0 Å². The van der Waals surface area contributed by atoms with Gasteiger partial charge in [-0.2, -0.15) is 0 Å². The van der Waals surface area contributed by atoms with E-state index < -0.39 is 0 Å². The average Bonchev–Trinajstić information content (AvgIpc) is 2.91. The quantitative estimate of drug-likeness (QED) is 0.838. The van der Waals surface area contributed by atoms with Crippen molar-refractivity contribution < 1.29 is 4.79 Å². The van der Waals surface area contributed by atoms with Crippen molar-refractivity contribution in [3.63, 3.8) is 0 Å². The maximum atomic E-state index is 12.7. The van der Waals surface area contributed by atoms with E-state index in [9.17, 15) is 4.79 Å². The summed E-state index contributed by atoms with van der Waals surface area (Å²) >= 11 is 0. The predicted molar refractivity (Wildman–Crippen MR) is 104 cm³/mol. The summed E-state index contributed by atoms with van der Waals surface area (Å²) in [6, 6.07) is 17.1. The monoisotopic (exact) mass is 337 g/mol. The minimum absolute atomic E-state index is 0.153. The second-order valence-corrected chi connectivity index (χ2v) is 7.12. The number of para-hydroxylation sites is 1. The van der Waals surface area contributed by atoms with Gasteiger partial charge in [0.05, 0.1) is 6.54 Å². The Morgan fingerprint density at radius 1 is 1.08 bits per heavy atom. The molecule has 0 saturated carbocycles. The Morgan fingerprint density at radius 3 is 2.44 bits per heavy atom. The summed E-state index contributed by atoms with van der Waals surface area (Å²) in [4.78, 5) is 18.8. The van der Waals surface area contributed by atoms with E-state index in [0.29, 0.717) is 19.1 Å². The van der Waals surface area contributed by atoms with Gasteiger partial charge in [0.15, 0.2) is 0 Å². The van der Waals surface area contributed by atoms with Crippen LogP contribution in [0.4, 0.5) is 11.4 Å². The fraction of sp³-hybridized carbons (Fsp3) is 0.381. The largest absolute Gasteiger partial charge is 0.378 e. The summed E-state index contributed by atoms with van der Waals surface area (Å²) < 4.78 is 0. The molecule has 4 nitrogen and oxygen atoms in total. The second-order valence-electron chi connectivity index (χ2n) is 7.12. The van der Waals surface area contributed by atoms with Crippen LogP contribution in [0.25, 0.3) is 0 Å². The lowest BCUT2D eigenvalue weighted by Gasteiger charge is -2.27. The number of nitrogens with zero attached hydrogens (tertiary/aromatic N) is 3. The second kappa shape index (κ2) is 7.18. The third-order valence-electron chi connectivity index (χ3n) is 4.95. The minimum Gasteiger partial charge on any atom is -0.378 e. The van der Waals surface area contributed by atoms with Crippen LogP contribution in [0.5, 0.6) is 0 Å². The summed E-state index contributed by atoms with van der Waals surface area (Å²) in [5.74, 6) is 0.153. The van der Waals surface area contributed by atoms with Gasteiger partial charge in [-0.25, -0.2) is 0 Å². The Hall–Kier alpha value is -2.49. The molecule has 0 fully saturated rings. The van der Waals surface area contributed by atoms with Crippen LogP contribution >= 0.6 is 0 Å². The summed E-state index contributed by atoms with van der Waals surface area (Å²) in [5, 5.41) is 0. The standard InChI is InChI=1S/C21H27N3O/c1-16-13-18-7-5-6-8-20(18)24(16)15-21(25)23(4)14-17-9-11-19(12-10-17)22(2)3/h5-12,16H,13-15H2,1-4H3/t16-/m1/s1. The van der Waals surface area contributed by atoms with Crippen molar-refractivity contribution in [1.82, 2.24) is 4.90 Å². The van der Waals surface area contributed by atoms with E-state index in [1.165, 1.54) is 16.9 Å². The van der Waals surface area contributed by atoms with Crippen LogP contribution in [-0.2, 0) is 17.8 Å². The highest BCUT2D eigenvalue weighted by atomic mass is 16.2. The molecule has 0 bridgehead atoms. The molecule has 0 saturated heterocycles. The Labute approximate surface area is 150 Å². The normalized spacial score (nSPS) is 15.8. The molecule has 1 aliphatic heterocycles. The van der Waals surface area contributed by atoms with Crippen LogP contribution in [0.15, 0.2) is 48.5 Å². The van der Waals surface area contributed by atoms with Gasteiger partial charge >= 0.3 is 0 Å². The molecule has 1 amide bonds. The van der Waals surface area contributed by atoms with Crippen LogP contribution in [0.3, 0.4) is 0 Å². The van der Waals surface area contributed by atoms with Crippen molar-refractivity contribution in [2.75, 3.05) is 37.5 Å². The summed E-state index contributed by atoms with van der Waals surface area (Å²) in [6.07, 6.45) is 1.01. The maximum Gasteiger partial charge on any atom is 0.242 e. The van der Waals surface area contributed by atoms with E-state index in [4.69, 9.17) is 0 Å². The third-order valence-corrected chi connectivity index (χ3v) is 4.95. The fourth-order valence-corrected chi connectivity index (χ4v) is 3.40. The number of hydrogen-bond acceptors (Lipinski definition) is 3. The lowest BCUT2D eigenvalue weighted by Crippen LogP contribution is -2.40. The first-order valence-electron chi connectivity index (χ1n) is 8.80. The molecular formula is C21H27N3O. The molecule has 1 heterocycles. The van der Waals surface area contributed by atoms with Gasteiger partial charge in [-0.15, -0.1) is 0 Å². The Balaban J connectivity index is 1.63. The maximum absolute atomic E-state index is 12.7. The van der Waals surface area contributed by atoms with Crippen LogP contribution in [-0.4, -0.2) is 44.5 Å². The number of carbonyl (C=O) groups is 1. The summed E-state index contributed by atoms with van der Waals surface area (Å²) in [6.45, 7) is 3.26. The number of rotatable bonds is 5. The molecule has 1 aliphatic rings. The highest BCUT2D eigenvalue weighted by Crippen LogP contribution is 2.31. The van der Waals surface area contributed by atoms with E-state index in [-0.39, 0.29) is 5.91 Å². The first kappa shape index (κ1) is 17.3. The van der Waals surface area contributed by atoms with Crippen molar-refractivity contribution in [3.8, 4) is 0 Å². The Kier molecular flexibility index (Phi) is 4.98. The van der Waals surface area contributed by atoms with Gasteiger partial charge in [0.2, 0.25) is 5.91 Å². The van der Waals surface area contributed by atoms with Gasteiger partial charge in [0.1, 0.15) is 0 Å². The highest BCUT2D eigenvalue weighted by Gasteiger charge is 2.27. The van der Waals surface area contributed by atoms with Gasteiger partial charge in [-0.05, 0) is 42.7 Å². The fourth-order valence-electron chi connectivity index (χ4n) is 3.40. The van der Waals surface area contributed by atoms with Crippen molar-refractivity contribution in [3.05, 3.63) is 59.7 Å². The lowest BCUT2D eigenvalue weighted by atomic mass is 10.1. The van der Waals surface area contributed by atoms with Crippen LogP contribution in [0.1, 0.15) is 18.1 Å². The molecule has 4 heteroatoms. The molecule has 0 spiro atoms. The number of hydrogen-bond donors (Lipinski definition) is 0. The van der Waals surface area contributed by atoms with Crippen molar-refractivity contribution >= 4 is 17.3 Å². The molecule has 2 aromatic rings. The van der Waals surface area contributed by atoms with Gasteiger partial charge in [0, 0.05) is 45.1 Å². The van der Waals surface area contributed by atoms with E-state index in [1.807, 2.05) is 32.1 Å². The SMILES string of the molecule is C[C@@H]1Cc2ccccc2N1CC(=O)N(C)Cc1ccc(N(C)C)cc1. The molecule has 132 valence electrons. The minimum atomic E-state index is 0.153. The number of fused-ring (bicyclic) bond motifs is 1. The predicted octanol–water partition coefficient (Wildman–Crippen LogP) is 3.16. The number of carbonyl (C=O) groups excluding carboxylic acids is 1. The van der Waals surface area contributed by atoms with Crippen molar-refractivity contribution in [2.45, 2.75) is 25.9 Å². The van der Waals surface area contributed by atoms with E-state index in [0.717, 1.165) is 12.0 Å². The zero-order chi connectivity index (χ0) is 18.0. The first-order chi connectivity index (χ1) is 12.0. The molecule has 0 N–H and O–H groups in total. The van der Waals surface area contributed by atoms with Gasteiger partial charge in [0.25, 0.3) is 0 Å². The van der Waals surface area contributed by atoms with E-state index in [1.54, 1.807) is 0 Å².